The lowest BCUT2D eigenvalue weighted by Crippen LogP contribution is -2.29. The number of anilines is 1. The van der Waals surface area contributed by atoms with Crippen LogP contribution in [0.15, 0.2) is 16.8 Å². The summed E-state index contributed by atoms with van der Waals surface area (Å²) in [5.41, 5.74) is 1.44. The average molecular weight is 257 g/mol. The molecule has 15 heavy (non-hydrogen) atoms. The van der Waals surface area contributed by atoms with E-state index in [0.29, 0.717) is 5.15 Å². The predicted molar refractivity (Wildman–Crippen MR) is 66.2 cm³/mol. The lowest BCUT2D eigenvalue weighted by molar-refractivity contribution is 0.741. The van der Waals surface area contributed by atoms with E-state index in [1.54, 1.807) is 11.3 Å². The lowest BCUT2D eigenvalue weighted by atomic mass is 10.1. The van der Waals surface area contributed by atoms with Gasteiger partial charge >= 0.3 is 0 Å². The highest BCUT2D eigenvalue weighted by molar-refractivity contribution is 7.14. The summed E-state index contributed by atoms with van der Waals surface area (Å²) in [5, 5.41) is 5.70. The summed E-state index contributed by atoms with van der Waals surface area (Å²) in [4.78, 5) is 8.12. The maximum absolute atomic E-state index is 5.83. The van der Waals surface area contributed by atoms with E-state index < -0.39 is 0 Å². The van der Waals surface area contributed by atoms with E-state index in [4.69, 9.17) is 11.6 Å². The number of aromatic nitrogens is 1. The summed E-state index contributed by atoms with van der Waals surface area (Å²) in [6.07, 6.45) is 1.13. The van der Waals surface area contributed by atoms with Gasteiger partial charge in [0.25, 0.3) is 0 Å². The molecule has 0 bridgehead atoms. The van der Waals surface area contributed by atoms with Gasteiger partial charge in [-0.25, -0.2) is 4.98 Å². The van der Waals surface area contributed by atoms with Crippen LogP contribution in [-0.4, -0.2) is 11.5 Å². The van der Waals surface area contributed by atoms with Crippen LogP contribution in [0.25, 0.3) is 0 Å². The Morgan fingerprint density at radius 3 is 3.13 bits per heavy atom. The normalized spacial score (nSPS) is 15.4. The topological polar surface area (TPSA) is 16.1 Å². The molecular weight excluding hydrogens is 248 g/mol. The number of rotatable bonds is 1. The van der Waals surface area contributed by atoms with Gasteiger partial charge in [0, 0.05) is 23.3 Å². The maximum Gasteiger partial charge on any atom is 0.187 e. The van der Waals surface area contributed by atoms with Crippen LogP contribution in [0.4, 0.5) is 5.13 Å². The Kier molecular flexibility index (Phi) is 2.42. The molecule has 0 saturated heterocycles. The molecule has 0 aliphatic carbocycles. The van der Waals surface area contributed by atoms with E-state index in [2.05, 4.69) is 21.3 Å². The molecule has 2 aromatic rings. The van der Waals surface area contributed by atoms with E-state index in [1.165, 1.54) is 10.4 Å². The molecule has 0 spiro atoms. The van der Waals surface area contributed by atoms with Crippen LogP contribution in [0.5, 0.6) is 0 Å². The molecule has 0 atom stereocenters. The second kappa shape index (κ2) is 3.77. The van der Waals surface area contributed by atoms with Crippen molar-refractivity contribution in [2.75, 3.05) is 11.4 Å². The van der Waals surface area contributed by atoms with Gasteiger partial charge in [0.15, 0.2) is 5.13 Å². The summed E-state index contributed by atoms with van der Waals surface area (Å²) in [6, 6.07) is 2.21. The van der Waals surface area contributed by atoms with Crippen LogP contribution in [0, 0.1) is 0 Å². The van der Waals surface area contributed by atoms with Crippen molar-refractivity contribution < 1.29 is 0 Å². The first-order chi connectivity index (χ1) is 7.33. The van der Waals surface area contributed by atoms with Gasteiger partial charge in [0.1, 0.15) is 5.15 Å². The quantitative estimate of drug-likeness (QED) is 0.777. The SMILES string of the molecule is Clc1csc(N2CCc3sccc3C2)n1. The van der Waals surface area contributed by atoms with Gasteiger partial charge < -0.3 is 4.90 Å². The highest BCUT2D eigenvalue weighted by atomic mass is 35.5. The summed E-state index contributed by atoms with van der Waals surface area (Å²) in [7, 11) is 0. The molecule has 0 unspecified atom stereocenters. The van der Waals surface area contributed by atoms with Crippen LogP contribution in [0.1, 0.15) is 10.4 Å². The molecule has 2 aromatic heterocycles. The Hall–Kier alpha value is -0.580. The van der Waals surface area contributed by atoms with Crippen molar-refractivity contribution in [3.05, 3.63) is 32.4 Å². The molecule has 3 heterocycles. The zero-order chi connectivity index (χ0) is 10.3. The predicted octanol–water partition coefficient (Wildman–Crippen LogP) is 3.42. The van der Waals surface area contributed by atoms with Crippen molar-refractivity contribution in [3.8, 4) is 0 Å². The Morgan fingerprint density at radius 1 is 1.40 bits per heavy atom. The van der Waals surface area contributed by atoms with Gasteiger partial charge in [0.05, 0.1) is 0 Å². The number of thiazole rings is 1. The summed E-state index contributed by atoms with van der Waals surface area (Å²) in [6.45, 7) is 2.03. The summed E-state index contributed by atoms with van der Waals surface area (Å²) >= 11 is 9.31. The van der Waals surface area contributed by atoms with Crippen molar-refractivity contribution in [1.29, 1.82) is 0 Å². The fourth-order valence-electron chi connectivity index (χ4n) is 1.80. The molecule has 78 valence electrons. The molecule has 3 rings (SSSR count). The highest BCUT2D eigenvalue weighted by Gasteiger charge is 2.19. The van der Waals surface area contributed by atoms with Crippen LogP contribution in [0.2, 0.25) is 5.15 Å². The molecule has 1 aliphatic rings. The van der Waals surface area contributed by atoms with Gasteiger partial charge in [-0.15, -0.1) is 22.7 Å². The zero-order valence-electron chi connectivity index (χ0n) is 7.94. The van der Waals surface area contributed by atoms with Crippen molar-refractivity contribution in [2.24, 2.45) is 0 Å². The van der Waals surface area contributed by atoms with Crippen LogP contribution >= 0.6 is 34.3 Å². The van der Waals surface area contributed by atoms with Crippen molar-refractivity contribution in [2.45, 2.75) is 13.0 Å². The molecule has 0 radical (unpaired) electrons. The first-order valence-corrected chi connectivity index (χ1v) is 6.88. The average Bonchev–Trinajstić information content (AvgIpc) is 2.84. The lowest BCUT2D eigenvalue weighted by Gasteiger charge is -2.26. The minimum atomic E-state index is 0.603. The Bertz CT molecular complexity index is 477. The second-order valence-electron chi connectivity index (χ2n) is 3.49. The van der Waals surface area contributed by atoms with E-state index in [9.17, 15) is 0 Å². The van der Waals surface area contributed by atoms with E-state index in [1.807, 2.05) is 16.7 Å². The number of hydrogen-bond acceptors (Lipinski definition) is 4. The van der Waals surface area contributed by atoms with Gasteiger partial charge in [-0.05, 0) is 23.4 Å². The molecule has 1 aliphatic heterocycles. The standard InChI is InChI=1S/C10H9ClN2S2/c11-9-6-15-10(12-9)13-3-1-8-7(5-13)2-4-14-8/h2,4,6H,1,3,5H2. The van der Waals surface area contributed by atoms with Crippen molar-refractivity contribution in [3.63, 3.8) is 0 Å². The number of hydrogen-bond donors (Lipinski definition) is 0. The van der Waals surface area contributed by atoms with Gasteiger partial charge in [-0.2, -0.15) is 0 Å². The largest absolute Gasteiger partial charge is 0.343 e. The van der Waals surface area contributed by atoms with Gasteiger partial charge in [0.2, 0.25) is 0 Å². The van der Waals surface area contributed by atoms with Crippen LogP contribution in [-0.2, 0) is 13.0 Å². The number of halogens is 1. The molecule has 0 N–H and O–H groups in total. The Labute approximate surface area is 101 Å². The Balaban J connectivity index is 1.87. The van der Waals surface area contributed by atoms with Crippen molar-refractivity contribution in [1.82, 2.24) is 4.98 Å². The highest BCUT2D eigenvalue weighted by Crippen LogP contribution is 2.30. The third kappa shape index (κ3) is 1.77. The molecule has 0 saturated carbocycles. The first-order valence-electron chi connectivity index (χ1n) is 4.74. The van der Waals surface area contributed by atoms with Crippen molar-refractivity contribution >= 4 is 39.4 Å². The van der Waals surface area contributed by atoms with Crippen LogP contribution < -0.4 is 4.90 Å². The van der Waals surface area contributed by atoms with E-state index in [0.717, 1.165) is 24.6 Å². The van der Waals surface area contributed by atoms with Gasteiger partial charge in [-0.1, -0.05) is 11.6 Å². The second-order valence-corrected chi connectivity index (χ2v) is 5.72. The number of thiophene rings is 1. The summed E-state index contributed by atoms with van der Waals surface area (Å²) in [5.74, 6) is 0. The minimum Gasteiger partial charge on any atom is -0.343 e. The fourth-order valence-corrected chi connectivity index (χ4v) is 3.67. The first kappa shape index (κ1) is 9.63. The maximum atomic E-state index is 5.83. The number of nitrogens with zero attached hydrogens (tertiary/aromatic N) is 2. The molecule has 0 aromatic carbocycles. The fraction of sp³-hybridized carbons (Fsp3) is 0.300. The molecule has 2 nitrogen and oxygen atoms in total. The van der Waals surface area contributed by atoms with E-state index >= 15 is 0 Å². The minimum absolute atomic E-state index is 0.603. The third-order valence-corrected chi connectivity index (χ3v) is 4.79. The smallest absolute Gasteiger partial charge is 0.187 e. The number of fused-ring (bicyclic) bond motifs is 1. The molecule has 5 heteroatoms. The van der Waals surface area contributed by atoms with E-state index in [-0.39, 0.29) is 0 Å². The third-order valence-electron chi connectivity index (χ3n) is 2.54. The molecule has 0 amide bonds. The molecule has 0 fully saturated rings. The van der Waals surface area contributed by atoms with Gasteiger partial charge in [-0.3, -0.25) is 0 Å². The molecular formula is C10H9ClN2S2. The Morgan fingerprint density at radius 2 is 2.33 bits per heavy atom. The summed E-state index contributed by atoms with van der Waals surface area (Å²) < 4.78 is 0. The van der Waals surface area contributed by atoms with Crippen LogP contribution in [0.3, 0.4) is 0 Å². The monoisotopic (exact) mass is 256 g/mol. The zero-order valence-corrected chi connectivity index (χ0v) is 10.3.